The molecule has 0 fully saturated rings. The van der Waals surface area contributed by atoms with Crippen molar-refractivity contribution in [3.05, 3.63) is 83.7 Å². The van der Waals surface area contributed by atoms with Gasteiger partial charge in [-0.05, 0) is 48.7 Å². The van der Waals surface area contributed by atoms with Gasteiger partial charge in [0.15, 0.2) is 0 Å². The summed E-state index contributed by atoms with van der Waals surface area (Å²) in [6.07, 6.45) is 4.16. The van der Waals surface area contributed by atoms with Crippen LogP contribution < -0.4 is 15.4 Å². The lowest BCUT2D eigenvalue weighted by Crippen LogP contribution is -2.14. The summed E-state index contributed by atoms with van der Waals surface area (Å²) in [5, 5.41) is 6.25. The van der Waals surface area contributed by atoms with Crippen molar-refractivity contribution in [2.75, 3.05) is 24.3 Å². The molecule has 5 nitrogen and oxygen atoms in total. The molecule has 138 valence electrons. The van der Waals surface area contributed by atoms with E-state index in [1.165, 1.54) is 5.56 Å². The molecule has 2 aromatic carbocycles. The summed E-state index contributed by atoms with van der Waals surface area (Å²) < 4.78 is 5.17. The third-order valence-corrected chi connectivity index (χ3v) is 4.30. The van der Waals surface area contributed by atoms with Gasteiger partial charge in [-0.3, -0.25) is 9.78 Å². The zero-order valence-corrected chi connectivity index (χ0v) is 15.5. The van der Waals surface area contributed by atoms with E-state index < -0.39 is 0 Å². The van der Waals surface area contributed by atoms with Crippen molar-refractivity contribution < 1.29 is 9.53 Å². The van der Waals surface area contributed by atoms with Gasteiger partial charge in [0.2, 0.25) is 0 Å². The molecular weight excluding hydrogens is 338 g/mol. The number of nitrogens with zero attached hydrogens (tertiary/aromatic N) is 1. The van der Waals surface area contributed by atoms with E-state index in [0.717, 1.165) is 35.7 Å². The molecule has 0 saturated heterocycles. The fraction of sp³-hybridized carbons (Fsp3) is 0.182. The van der Waals surface area contributed by atoms with Crippen LogP contribution in [-0.2, 0) is 6.42 Å². The van der Waals surface area contributed by atoms with Gasteiger partial charge < -0.3 is 15.4 Å². The number of pyridine rings is 1. The van der Waals surface area contributed by atoms with Gasteiger partial charge in [-0.2, -0.15) is 0 Å². The number of carbonyl (C=O) groups excluding carboxylic acids is 1. The molecule has 1 aromatic heterocycles. The number of hydrogen-bond donors (Lipinski definition) is 2. The Balaban J connectivity index is 1.58. The molecule has 0 radical (unpaired) electrons. The second-order valence-electron chi connectivity index (χ2n) is 6.26. The van der Waals surface area contributed by atoms with Gasteiger partial charge in [-0.15, -0.1) is 0 Å². The number of benzene rings is 2. The van der Waals surface area contributed by atoms with Gasteiger partial charge in [-0.1, -0.05) is 30.3 Å². The number of amides is 1. The van der Waals surface area contributed by atoms with E-state index >= 15 is 0 Å². The highest BCUT2D eigenvalue weighted by Crippen LogP contribution is 2.16. The van der Waals surface area contributed by atoms with Gasteiger partial charge in [0.25, 0.3) is 5.91 Å². The predicted octanol–water partition coefficient (Wildman–Crippen LogP) is 4.31. The first-order valence-corrected chi connectivity index (χ1v) is 8.84. The van der Waals surface area contributed by atoms with Crippen LogP contribution in [0.5, 0.6) is 5.75 Å². The zero-order chi connectivity index (χ0) is 19.1. The number of rotatable bonds is 7. The number of aryl methyl sites for hydroxylation is 1. The molecule has 0 spiro atoms. The second kappa shape index (κ2) is 8.85. The summed E-state index contributed by atoms with van der Waals surface area (Å²) in [7, 11) is 1.66. The molecule has 0 atom stereocenters. The summed E-state index contributed by atoms with van der Waals surface area (Å²) in [5.41, 5.74) is 4.38. The highest BCUT2D eigenvalue weighted by molar-refractivity contribution is 6.04. The molecular formula is C22H23N3O2. The van der Waals surface area contributed by atoms with Crippen LogP contribution in [0.3, 0.4) is 0 Å². The number of hydrogen-bond acceptors (Lipinski definition) is 4. The van der Waals surface area contributed by atoms with E-state index in [1.54, 1.807) is 19.5 Å². The summed E-state index contributed by atoms with van der Waals surface area (Å²) in [5.74, 6) is 0.680. The monoisotopic (exact) mass is 361 g/mol. The number of aromatic nitrogens is 1. The third-order valence-electron chi connectivity index (χ3n) is 4.30. The quantitative estimate of drug-likeness (QED) is 0.658. The summed E-state index contributed by atoms with van der Waals surface area (Å²) in [6.45, 7) is 2.71. The van der Waals surface area contributed by atoms with E-state index in [-0.39, 0.29) is 5.91 Å². The van der Waals surface area contributed by atoms with Crippen molar-refractivity contribution in [1.82, 2.24) is 4.98 Å². The minimum Gasteiger partial charge on any atom is -0.497 e. The van der Waals surface area contributed by atoms with Gasteiger partial charge >= 0.3 is 0 Å². The smallest absolute Gasteiger partial charge is 0.257 e. The lowest BCUT2D eigenvalue weighted by Gasteiger charge is -2.10. The van der Waals surface area contributed by atoms with Crippen LogP contribution in [0.2, 0.25) is 0 Å². The molecule has 0 saturated carbocycles. The number of methoxy groups -OCH3 is 1. The Morgan fingerprint density at radius 2 is 1.85 bits per heavy atom. The second-order valence-corrected chi connectivity index (χ2v) is 6.26. The molecule has 1 amide bonds. The normalized spacial score (nSPS) is 10.3. The maximum absolute atomic E-state index is 12.5. The molecule has 3 rings (SSSR count). The maximum atomic E-state index is 12.5. The minimum atomic E-state index is -0.171. The van der Waals surface area contributed by atoms with Crippen LogP contribution in [0.15, 0.2) is 67.0 Å². The molecule has 0 aliphatic carbocycles. The predicted molar refractivity (Wildman–Crippen MR) is 109 cm³/mol. The van der Waals surface area contributed by atoms with Crippen molar-refractivity contribution in [2.24, 2.45) is 0 Å². The molecule has 0 bridgehead atoms. The molecule has 0 aliphatic heterocycles. The van der Waals surface area contributed by atoms with Crippen molar-refractivity contribution in [3.63, 3.8) is 0 Å². The Labute approximate surface area is 159 Å². The van der Waals surface area contributed by atoms with Crippen molar-refractivity contribution in [3.8, 4) is 5.75 Å². The van der Waals surface area contributed by atoms with Crippen molar-refractivity contribution in [1.29, 1.82) is 0 Å². The van der Waals surface area contributed by atoms with Crippen LogP contribution in [0.4, 0.5) is 11.4 Å². The van der Waals surface area contributed by atoms with Crippen molar-refractivity contribution >= 4 is 17.3 Å². The van der Waals surface area contributed by atoms with Crippen LogP contribution in [-0.4, -0.2) is 24.5 Å². The number of ether oxygens (including phenoxy) is 1. The van der Waals surface area contributed by atoms with E-state index in [1.807, 2.05) is 61.5 Å². The van der Waals surface area contributed by atoms with Crippen molar-refractivity contribution in [2.45, 2.75) is 13.3 Å². The van der Waals surface area contributed by atoms with E-state index in [4.69, 9.17) is 4.74 Å². The third kappa shape index (κ3) is 5.07. The van der Waals surface area contributed by atoms with Gasteiger partial charge in [-0.25, -0.2) is 0 Å². The summed E-state index contributed by atoms with van der Waals surface area (Å²) in [4.78, 5) is 16.7. The standard InChI is InChI=1S/C22H23N3O2/c1-16-5-3-4-6-21(16)25-22(26)18-13-19(15-23-14-18)24-12-11-17-7-9-20(27-2)10-8-17/h3-10,13-15,24H,11-12H2,1-2H3,(H,25,26). The lowest BCUT2D eigenvalue weighted by molar-refractivity contribution is 0.102. The zero-order valence-electron chi connectivity index (χ0n) is 15.5. The molecule has 3 aromatic rings. The number of anilines is 2. The largest absolute Gasteiger partial charge is 0.497 e. The van der Waals surface area contributed by atoms with Crippen LogP contribution in [0.25, 0.3) is 0 Å². The first-order chi connectivity index (χ1) is 13.2. The molecule has 0 unspecified atom stereocenters. The molecule has 0 aliphatic rings. The molecule has 5 heteroatoms. The van der Waals surface area contributed by atoms with Gasteiger partial charge in [0.1, 0.15) is 5.75 Å². The van der Waals surface area contributed by atoms with Gasteiger partial charge in [0, 0.05) is 24.6 Å². The Morgan fingerprint density at radius 3 is 2.59 bits per heavy atom. The summed E-state index contributed by atoms with van der Waals surface area (Å²) >= 11 is 0. The Bertz CT molecular complexity index is 907. The number of para-hydroxylation sites is 1. The van der Waals surface area contributed by atoms with E-state index in [0.29, 0.717) is 5.56 Å². The minimum absolute atomic E-state index is 0.171. The van der Waals surface area contributed by atoms with Crippen LogP contribution in [0, 0.1) is 6.92 Å². The average molecular weight is 361 g/mol. The van der Waals surface area contributed by atoms with Crippen LogP contribution in [0.1, 0.15) is 21.5 Å². The first kappa shape index (κ1) is 18.5. The Morgan fingerprint density at radius 1 is 1.07 bits per heavy atom. The highest BCUT2D eigenvalue weighted by atomic mass is 16.5. The lowest BCUT2D eigenvalue weighted by atomic mass is 10.1. The fourth-order valence-electron chi connectivity index (χ4n) is 2.71. The maximum Gasteiger partial charge on any atom is 0.257 e. The molecule has 2 N–H and O–H groups in total. The fourth-order valence-corrected chi connectivity index (χ4v) is 2.71. The SMILES string of the molecule is COc1ccc(CCNc2cncc(C(=O)Nc3ccccc3C)c2)cc1. The van der Waals surface area contributed by atoms with Gasteiger partial charge in [0.05, 0.1) is 18.4 Å². The first-order valence-electron chi connectivity index (χ1n) is 8.84. The molecule has 27 heavy (non-hydrogen) atoms. The number of nitrogens with one attached hydrogen (secondary N) is 2. The Kier molecular flexibility index (Phi) is 6.05. The molecule has 1 heterocycles. The number of carbonyl (C=O) groups is 1. The topological polar surface area (TPSA) is 63.2 Å². The average Bonchev–Trinajstić information content (AvgIpc) is 2.70. The highest BCUT2D eigenvalue weighted by Gasteiger charge is 2.09. The van der Waals surface area contributed by atoms with E-state index in [2.05, 4.69) is 15.6 Å². The Hall–Kier alpha value is -3.34. The van der Waals surface area contributed by atoms with E-state index in [9.17, 15) is 4.79 Å². The summed E-state index contributed by atoms with van der Waals surface area (Å²) in [6, 6.07) is 17.5. The van der Waals surface area contributed by atoms with Crippen LogP contribution >= 0.6 is 0 Å².